The van der Waals surface area contributed by atoms with Crippen LogP contribution in [0, 0.1) is 5.92 Å². The summed E-state index contributed by atoms with van der Waals surface area (Å²) in [6.45, 7) is 0.477. The molecule has 0 aliphatic heterocycles. The summed E-state index contributed by atoms with van der Waals surface area (Å²) in [5.41, 5.74) is 0. The van der Waals surface area contributed by atoms with Crippen molar-refractivity contribution in [3.63, 3.8) is 0 Å². The maximum Gasteiger partial charge on any atom is 0.148 e. The van der Waals surface area contributed by atoms with E-state index in [2.05, 4.69) is 0 Å². The zero-order valence-corrected chi connectivity index (χ0v) is 8.06. The van der Waals surface area contributed by atoms with Crippen molar-refractivity contribution >= 4 is 16.6 Å². The van der Waals surface area contributed by atoms with Crippen LogP contribution in [0.4, 0.5) is 0 Å². The van der Waals surface area contributed by atoms with Gasteiger partial charge in [-0.1, -0.05) is 0 Å². The molecule has 0 amide bonds. The molecule has 0 aromatic carbocycles. The molecular formula is C8H14O3S. The Morgan fingerprint density at radius 1 is 1.58 bits per heavy atom. The van der Waals surface area contributed by atoms with Gasteiger partial charge in [0.15, 0.2) is 0 Å². The van der Waals surface area contributed by atoms with Gasteiger partial charge >= 0.3 is 0 Å². The second-order valence-electron chi connectivity index (χ2n) is 3.02. The van der Waals surface area contributed by atoms with Gasteiger partial charge in [0.25, 0.3) is 0 Å². The van der Waals surface area contributed by atoms with Crippen molar-refractivity contribution in [2.45, 2.75) is 12.8 Å². The number of rotatable bonds is 6. The first-order valence-corrected chi connectivity index (χ1v) is 5.59. The molecule has 70 valence electrons. The topological polar surface area (TPSA) is 43.4 Å². The highest BCUT2D eigenvalue weighted by Crippen LogP contribution is 2.29. The van der Waals surface area contributed by atoms with Gasteiger partial charge < -0.3 is 4.74 Å². The van der Waals surface area contributed by atoms with Gasteiger partial charge in [0.2, 0.25) is 0 Å². The lowest BCUT2D eigenvalue weighted by molar-refractivity contribution is -0.117. The van der Waals surface area contributed by atoms with Crippen molar-refractivity contribution < 1.29 is 13.7 Å². The highest BCUT2D eigenvalue weighted by molar-refractivity contribution is 7.85. The Hall–Kier alpha value is -0.220. The quantitative estimate of drug-likeness (QED) is 0.607. The molecule has 1 atom stereocenters. The summed E-state index contributed by atoms with van der Waals surface area (Å²) < 4.78 is 15.9. The second kappa shape index (κ2) is 4.72. The van der Waals surface area contributed by atoms with E-state index in [9.17, 15) is 9.00 Å². The molecule has 3 nitrogen and oxygen atoms in total. The molecule has 1 rings (SSSR count). The maximum absolute atomic E-state index is 11.2. The van der Waals surface area contributed by atoms with Crippen LogP contribution in [-0.2, 0) is 20.3 Å². The average Bonchev–Trinajstić information content (AvgIpc) is 2.82. The lowest BCUT2D eigenvalue weighted by Crippen LogP contribution is -2.16. The van der Waals surface area contributed by atoms with Gasteiger partial charge in [-0.3, -0.25) is 9.00 Å². The van der Waals surface area contributed by atoms with E-state index in [1.54, 1.807) is 7.11 Å². The monoisotopic (exact) mass is 190 g/mol. The molecule has 0 bridgehead atoms. The van der Waals surface area contributed by atoms with Crippen LogP contribution in [0.1, 0.15) is 12.8 Å². The van der Waals surface area contributed by atoms with Gasteiger partial charge in [0.1, 0.15) is 5.78 Å². The van der Waals surface area contributed by atoms with Crippen molar-refractivity contribution in [1.82, 2.24) is 0 Å². The third kappa shape index (κ3) is 3.45. The van der Waals surface area contributed by atoms with Gasteiger partial charge in [-0.05, 0) is 12.8 Å². The number of ether oxygens (including phenoxy) is 1. The number of ketones is 1. The van der Waals surface area contributed by atoms with Crippen LogP contribution in [0.5, 0.6) is 0 Å². The Labute approximate surface area is 74.9 Å². The fraction of sp³-hybridized carbons (Fsp3) is 0.875. The minimum Gasteiger partial charge on any atom is -0.384 e. The Morgan fingerprint density at radius 2 is 2.25 bits per heavy atom. The molecule has 1 saturated carbocycles. The second-order valence-corrected chi connectivity index (χ2v) is 4.60. The molecule has 12 heavy (non-hydrogen) atoms. The summed E-state index contributed by atoms with van der Waals surface area (Å²) in [6, 6.07) is 0. The number of Topliss-reactive ketones (excluding diaryl/α,β-unsaturated/α-hetero) is 1. The Morgan fingerprint density at radius 3 is 2.75 bits per heavy atom. The normalized spacial score (nSPS) is 19.1. The SMILES string of the molecule is COCCS(=O)CC(=O)C1CC1. The zero-order valence-electron chi connectivity index (χ0n) is 7.25. The molecular weight excluding hydrogens is 176 g/mol. The number of carbonyl (C=O) groups excluding carboxylic acids is 1. The van der Waals surface area contributed by atoms with Crippen LogP contribution in [0.2, 0.25) is 0 Å². The Bertz CT molecular complexity index is 187. The lowest BCUT2D eigenvalue weighted by Gasteiger charge is -1.99. The van der Waals surface area contributed by atoms with E-state index in [1.165, 1.54) is 0 Å². The largest absolute Gasteiger partial charge is 0.384 e. The minimum atomic E-state index is -1.01. The van der Waals surface area contributed by atoms with Gasteiger partial charge in [0.05, 0.1) is 12.4 Å². The van der Waals surface area contributed by atoms with E-state index in [-0.39, 0.29) is 17.5 Å². The molecule has 1 aliphatic carbocycles. The van der Waals surface area contributed by atoms with Crippen LogP contribution < -0.4 is 0 Å². The third-order valence-electron chi connectivity index (χ3n) is 1.85. The molecule has 0 spiro atoms. The molecule has 4 heteroatoms. The number of methoxy groups -OCH3 is 1. The maximum atomic E-state index is 11.2. The van der Waals surface area contributed by atoms with Crippen LogP contribution >= 0.6 is 0 Å². The number of hydrogen-bond donors (Lipinski definition) is 0. The predicted octanol–water partition coefficient (Wildman–Crippen LogP) is 0.361. The third-order valence-corrected chi connectivity index (χ3v) is 3.08. The van der Waals surface area contributed by atoms with E-state index in [0.29, 0.717) is 12.4 Å². The van der Waals surface area contributed by atoms with E-state index in [0.717, 1.165) is 12.8 Å². The van der Waals surface area contributed by atoms with Gasteiger partial charge in [0, 0.05) is 29.6 Å². The van der Waals surface area contributed by atoms with E-state index < -0.39 is 10.8 Å². The summed E-state index contributed by atoms with van der Waals surface area (Å²) in [4.78, 5) is 11.1. The van der Waals surface area contributed by atoms with Crippen molar-refractivity contribution in [2.24, 2.45) is 5.92 Å². The minimum absolute atomic E-state index is 0.171. The summed E-state index contributed by atoms with van der Waals surface area (Å²) in [5, 5.41) is 0. The molecule has 0 radical (unpaired) electrons. The fourth-order valence-electron chi connectivity index (χ4n) is 0.930. The number of carbonyl (C=O) groups is 1. The van der Waals surface area contributed by atoms with Crippen molar-refractivity contribution in [2.75, 3.05) is 25.2 Å². The first-order valence-electron chi connectivity index (χ1n) is 4.10. The Balaban J connectivity index is 2.11. The molecule has 1 unspecified atom stereocenters. The first-order chi connectivity index (χ1) is 5.74. The molecule has 1 aliphatic rings. The van der Waals surface area contributed by atoms with Crippen LogP contribution in [0.15, 0.2) is 0 Å². The van der Waals surface area contributed by atoms with Gasteiger partial charge in [-0.25, -0.2) is 0 Å². The van der Waals surface area contributed by atoms with Gasteiger partial charge in [-0.2, -0.15) is 0 Å². The molecule has 0 saturated heterocycles. The average molecular weight is 190 g/mol. The highest BCUT2D eigenvalue weighted by atomic mass is 32.2. The van der Waals surface area contributed by atoms with E-state index >= 15 is 0 Å². The first kappa shape index (κ1) is 9.86. The van der Waals surface area contributed by atoms with Crippen molar-refractivity contribution in [3.05, 3.63) is 0 Å². The standard InChI is InChI=1S/C8H14O3S/c1-11-4-5-12(10)6-8(9)7-2-3-7/h7H,2-6H2,1H3. The predicted molar refractivity (Wildman–Crippen MR) is 47.5 cm³/mol. The smallest absolute Gasteiger partial charge is 0.148 e. The van der Waals surface area contributed by atoms with Crippen molar-refractivity contribution in [3.8, 4) is 0 Å². The molecule has 1 fully saturated rings. The van der Waals surface area contributed by atoms with E-state index in [4.69, 9.17) is 4.74 Å². The molecule has 0 aromatic heterocycles. The van der Waals surface area contributed by atoms with Crippen LogP contribution in [0.25, 0.3) is 0 Å². The Kier molecular flexibility index (Phi) is 3.88. The summed E-state index contributed by atoms with van der Waals surface area (Å²) in [6.07, 6.45) is 2.00. The number of hydrogen-bond acceptors (Lipinski definition) is 3. The fourth-order valence-corrected chi connectivity index (χ4v) is 1.98. The lowest BCUT2D eigenvalue weighted by atomic mass is 10.3. The van der Waals surface area contributed by atoms with E-state index in [1.807, 2.05) is 0 Å². The zero-order chi connectivity index (χ0) is 8.97. The van der Waals surface area contributed by atoms with Crippen LogP contribution in [-0.4, -0.2) is 35.2 Å². The summed E-state index contributed by atoms with van der Waals surface area (Å²) in [5.74, 6) is 1.11. The molecule has 0 aromatic rings. The summed E-state index contributed by atoms with van der Waals surface area (Å²) >= 11 is 0. The molecule has 0 N–H and O–H groups in total. The summed E-state index contributed by atoms with van der Waals surface area (Å²) in [7, 11) is 0.564. The van der Waals surface area contributed by atoms with Crippen molar-refractivity contribution in [1.29, 1.82) is 0 Å². The van der Waals surface area contributed by atoms with Gasteiger partial charge in [-0.15, -0.1) is 0 Å². The highest BCUT2D eigenvalue weighted by Gasteiger charge is 2.29. The van der Waals surface area contributed by atoms with Crippen LogP contribution in [0.3, 0.4) is 0 Å². The molecule has 0 heterocycles.